The van der Waals surface area contributed by atoms with Crippen LogP contribution in [0.2, 0.25) is 0 Å². The van der Waals surface area contributed by atoms with Gasteiger partial charge in [-0.1, -0.05) is 0 Å². The fourth-order valence-corrected chi connectivity index (χ4v) is 2.39. The summed E-state index contributed by atoms with van der Waals surface area (Å²) in [4.78, 5) is 19.3. The summed E-state index contributed by atoms with van der Waals surface area (Å²) in [5.41, 5.74) is 0. The molecule has 1 aliphatic heterocycles. The van der Waals surface area contributed by atoms with Crippen molar-refractivity contribution in [2.45, 2.75) is 32.0 Å². The molecule has 2 heterocycles. The molecule has 0 aliphatic carbocycles. The number of aromatic nitrogens is 2. The Bertz CT molecular complexity index is 472. The lowest BCUT2D eigenvalue weighted by Crippen LogP contribution is -2.44. The molecule has 0 atom stereocenters. The van der Waals surface area contributed by atoms with Gasteiger partial charge in [-0.3, -0.25) is 14.3 Å². The van der Waals surface area contributed by atoms with Crippen LogP contribution >= 0.6 is 0 Å². The lowest BCUT2D eigenvalue weighted by Gasteiger charge is -2.31. The normalized spacial score (nSPS) is 17.0. The van der Waals surface area contributed by atoms with Crippen LogP contribution in [0.4, 0.5) is 8.78 Å². The van der Waals surface area contributed by atoms with E-state index >= 15 is 0 Å². The number of imidazole rings is 1. The molecule has 0 saturated carbocycles. The Morgan fingerprint density at radius 3 is 2.81 bits per heavy atom. The number of hydrogen-bond acceptors (Lipinski definition) is 4. The van der Waals surface area contributed by atoms with Crippen LogP contribution in [0.3, 0.4) is 0 Å². The molecule has 6 nitrogen and oxygen atoms in total. The van der Waals surface area contributed by atoms with E-state index in [-0.39, 0.29) is 30.9 Å². The number of carbonyl (C=O) groups excluding carboxylic acids is 1. The Balaban J connectivity index is 1.85. The largest absolute Gasteiger partial charge is 0.393 e. The SMILES string of the molecule is CN(CC(=O)N1CCC(O)CC1)Cc1nccn1C(F)F. The molecule has 1 amide bonds. The van der Waals surface area contributed by atoms with Crippen LogP contribution in [0.15, 0.2) is 12.4 Å². The van der Waals surface area contributed by atoms with E-state index in [0.29, 0.717) is 25.9 Å². The number of nitrogens with zero attached hydrogens (tertiary/aromatic N) is 4. The Hall–Kier alpha value is -1.54. The van der Waals surface area contributed by atoms with Crippen molar-refractivity contribution in [1.29, 1.82) is 0 Å². The van der Waals surface area contributed by atoms with Crippen molar-refractivity contribution in [3.63, 3.8) is 0 Å². The second kappa shape index (κ2) is 6.95. The number of rotatable bonds is 5. The van der Waals surface area contributed by atoms with E-state index < -0.39 is 6.55 Å². The third kappa shape index (κ3) is 4.21. The number of alkyl halides is 2. The molecule has 0 bridgehead atoms. The van der Waals surface area contributed by atoms with E-state index in [1.807, 2.05) is 0 Å². The number of likely N-dealkylation sites (N-methyl/N-ethyl adjacent to an activating group) is 1. The second-order valence-corrected chi connectivity index (χ2v) is 5.31. The summed E-state index contributed by atoms with van der Waals surface area (Å²) in [5, 5.41) is 9.41. The Labute approximate surface area is 122 Å². The number of piperidine rings is 1. The molecular formula is C13H20F2N4O2. The van der Waals surface area contributed by atoms with E-state index in [4.69, 9.17) is 0 Å². The van der Waals surface area contributed by atoms with E-state index in [2.05, 4.69) is 4.98 Å². The number of aliphatic hydroxyl groups is 1. The van der Waals surface area contributed by atoms with Gasteiger partial charge in [-0.05, 0) is 19.9 Å². The van der Waals surface area contributed by atoms with Crippen molar-refractivity contribution < 1.29 is 18.7 Å². The van der Waals surface area contributed by atoms with Gasteiger partial charge in [0.05, 0.1) is 19.2 Å². The summed E-state index contributed by atoms with van der Waals surface area (Å²) in [6, 6.07) is 0. The van der Waals surface area contributed by atoms with Gasteiger partial charge in [0.25, 0.3) is 0 Å². The van der Waals surface area contributed by atoms with Gasteiger partial charge in [-0.2, -0.15) is 8.78 Å². The molecule has 1 aliphatic rings. The molecule has 118 valence electrons. The first-order chi connectivity index (χ1) is 9.97. The molecule has 1 fully saturated rings. The van der Waals surface area contributed by atoms with Crippen molar-refractivity contribution in [2.75, 3.05) is 26.7 Å². The quantitative estimate of drug-likeness (QED) is 0.869. The first-order valence-electron chi connectivity index (χ1n) is 6.91. The zero-order valence-corrected chi connectivity index (χ0v) is 12.0. The number of aliphatic hydroxyl groups excluding tert-OH is 1. The maximum atomic E-state index is 12.7. The van der Waals surface area contributed by atoms with Gasteiger partial charge in [-0.15, -0.1) is 0 Å². The number of amides is 1. The van der Waals surface area contributed by atoms with Crippen LogP contribution in [0.1, 0.15) is 25.2 Å². The predicted octanol–water partition coefficient (Wildman–Crippen LogP) is 0.693. The van der Waals surface area contributed by atoms with Crippen molar-refractivity contribution in [3.05, 3.63) is 18.2 Å². The third-order valence-corrected chi connectivity index (χ3v) is 3.59. The molecule has 1 aromatic rings. The van der Waals surface area contributed by atoms with Crippen molar-refractivity contribution in [2.24, 2.45) is 0 Å². The zero-order valence-electron chi connectivity index (χ0n) is 12.0. The smallest absolute Gasteiger partial charge is 0.319 e. The van der Waals surface area contributed by atoms with Crippen LogP contribution in [0, 0.1) is 0 Å². The molecule has 1 N–H and O–H groups in total. The number of hydrogen-bond donors (Lipinski definition) is 1. The monoisotopic (exact) mass is 302 g/mol. The van der Waals surface area contributed by atoms with Gasteiger partial charge >= 0.3 is 6.55 Å². The van der Waals surface area contributed by atoms with Gasteiger partial charge in [0.15, 0.2) is 0 Å². The third-order valence-electron chi connectivity index (χ3n) is 3.59. The highest BCUT2D eigenvalue weighted by Gasteiger charge is 2.22. The van der Waals surface area contributed by atoms with E-state index in [0.717, 1.165) is 4.57 Å². The lowest BCUT2D eigenvalue weighted by molar-refractivity contribution is -0.134. The zero-order chi connectivity index (χ0) is 15.4. The minimum Gasteiger partial charge on any atom is -0.393 e. The molecule has 21 heavy (non-hydrogen) atoms. The lowest BCUT2D eigenvalue weighted by atomic mass is 10.1. The summed E-state index contributed by atoms with van der Waals surface area (Å²) in [6.07, 6.45) is 3.40. The van der Waals surface area contributed by atoms with Crippen molar-refractivity contribution in [1.82, 2.24) is 19.4 Å². The van der Waals surface area contributed by atoms with Crippen LogP contribution in [0.25, 0.3) is 0 Å². The number of halogens is 2. The predicted molar refractivity (Wildman–Crippen MR) is 71.6 cm³/mol. The highest BCUT2D eigenvalue weighted by molar-refractivity contribution is 5.78. The second-order valence-electron chi connectivity index (χ2n) is 5.31. The molecular weight excluding hydrogens is 282 g/mol. The number of likely N-dealkylation sites (tertiary alicyclic amines) is 1. The molecule has 8 heteroatoms. The molecule has 1 saturated heterocycles. The van der Waals surface area contributed by atoms with E-state index in [9.17, 15) is 18.7 Å². The van der Waals surface area contributed by atoms with Gasteiger partial charge in [0.2, 0.25) is 5.91 Å². The summed E-state index contributed by atoms with van der Waals surface area (Å²) >= 11 is 0. The number of carbonyl (C=O) groups is 1. The van der Waals surface area contributed by atoms with Crippen molar-refractivity contribution in [3.8, 4) is 0 Å². The van der Waals surface area contributed by atoms with Gasteiger partial charge in [-0.25, -0.2) is 4.98 Å². The summed E-state index contributed by atoms with van der Waals surface area (Å²) < 4.78 is 26.2. The maximum Gasteiger partial charge on any atom is 0.319 e. The van der Waals surface area contributed by atoms with Crippen LogP contribution in [0.5, 0.6) is 0 Å². The molecule has 0 spiro atoms. The average molecular weight is 302 g/mol. The Morgan fingerprint density at radius 1 is 1.52 bits per heavy atom. The summed E-state index contributed by atoms with van der Waals surface area (Å²) in [5.74, 6) is 0.175. The molecule has 0 aromatic carbocycles. The first kappa shape index (κ1) is 15.8. The van der Waals surface area contributed by atoms with Gasteiger partial charge in [0.1, 0.15) is 5.82 Å². The Kier molecular flexibility index (Phi) is 5.24. The summed E-state index contributed by atoms with van der Waals surface area (Å²) in [6.45, 7) is -1.22. The molecule has 1 aromatic heterocycles. The highest BCUT2D eigenvalue weighted by Crippen LogP contribution is 2.14. The van der Waals surface area contributed by atoms with Gasteiger partial charge < -0.3 is 10.0 Å². The van der Waals surface area contributed by atoms with Crippen LogP contribution in [-0.2, 0) is 11.3 Å². The average Bonchev–Trinajstić information content (AvgIpc) is 2.87. The molecule has 0 radical (unpaired) electrons. The fraction of sp³-hybridized carbons (Fsp3) is 0.692. The summed E-state index contributed by atoms with van der Waals surface area (Å²) in [7, 11) is 1.70. The standard InChI is InChI=1S/C13H20F2N4O2/c1-17(8-11-16-4-7-19(11)13(14)15)9-12(21)18-5-2-10(20)3-6-18/h4,7,10,13,20H,2-3,5-6,8-9H2,1H3. The molecule has 0 unspecified atom stereocenters. The topological polar surface area (TPSA) is 61.6 Å². The van der Waals surface area contributed by atoms with Crippen LogP contribution in [-0.4, -0.2) is 63.2 Å². The van der Waals surface area contributed by atoms with Crippen LogP contribution < -0.4 is 0 Å². The van der Waals surface area contributed by atoms with E-state index in [1.54, 1.807) is 16.8 Å². The molecule has 2 rings (SSSR count). The van der Waals surface area contributed by atoms with Gasteiger partial charge in [0, 0.05) is 25.5 Å². The highest BCUT2D eigenvalue weighted by atomic mass is 19.3. The minimum atomic E-state index is -2.63. The van der Waals surface area contributed by atoms with Crippen molar-refractivity contribution >= 4 is 5.91 Å². The Morgan fingerprint density at radius 2 is 2.19 bits per heavy atom. The maximum absolute atomic E-state index is 12.7. The minimum absolute atomic E-state index is 0.0560. The fourth-order valence-electron chi connectivity index (χ4n) is 2.39. The first-order valence-corrected chi connectivity index (χ1v) is 6.91. The van der Waals surface area contributed by atoms with E-state index in [1.165, 1.54) is 12.4 Å².